The van der Waals surface area contributed by atoms with Crippen LogP contribution in [-0.4, -0.2) is 34.2 Å². The Morgan fingerprint density at radius 1 is 1.35 bits per heavy atom. The molecule has 0 aliphatic carbocycles. The van der Waals surface area contributed by atoms with Crippen LogP contribution in [0.15, 0.2) is 40.3 Å². The molecule has 0 unspecified atom stereocenters. The summed E-state index contributed by atoms with van der Waals surface area (Å²) in [5.74, 6) is 0.722. The van der Waals surface area contributed by atoms with Gasteiger partial charge in [0.25, 0.3) is 0 Å². The van der Waals surface area contributed by atoms with E-state index in [1.807, 2.05) is 29.6 Å². The van der Waals surface area contributed by atoms with Crippen molar-refractivity contribution in [3.63, 3.8) is 0 Å². The van der Waals surface area contributed by atoms with E-state index in [2.05, 4.69) is 0 Å². The normalized spacial score (nSPS) is 17.4. The summed E-state index contributed by atoms with van der Waals surface area (Å²) in [5.41, 5.74) is 0. The molecule has 0 spiro atoms. The van der Waals surface area contributed by atoms with E-state index in [0.717, 1.165) is 23.5 Å². The van der Waals surface area contributed by atoms with Crippen LogP contribution in [0.2, 0.25) is 0 Å². The van der Waals surface area contributed by atoms with E-state index in [9.17, 15) is 9.59 Å². The van der Waals surface area contributed by atoms with Crippen molar-refractivity contribution >= 4 is 23.2 Å². The van der Waals surface area contributed by atoms with Crippen molar-refractivity contribution in [2.24, 2.45) is 0 Å². The molecule has 1 saturated heterocycles. The van der Waals surface area contributed by atoms with Crippen LogP contribution in [0.25, 0.3) is 0 Å². The van der Waals surface area contributed by atoms with Crippen molar-refractivity contribution in [2.45, 2.75) is 38.9 Å². The third-order valence-corrected chi connectivity index (χ3v) is 4.97. The average molecular weight is 332 g/mol. The second-order valence-corrected chi connectivity index (χ2v) is 6.76. The number of hydrogen-bond donors (Lipinski definition) is 0. The first-order valence-electron chi connectivity index (χ1n) is 7.76. The molecule has 3 heterocycles. The van der Waals surface area contributed by atoms with Crippen molar-refractivity contribution in [2.75, 3.05) is 6.54 Å². The molecule has 0 bridgehead atoms. The zero-order chi connectivity index (χ0) is 16.2. The molecule has 3 rings (SSSR count). The van der Waals surface area contributed by atoms with Crippen LogP contribution in [0, 0.1) is 0 Å². The predicted molar refractivity (Wildman–Crippen MR) is 87.7 cm³/mol. The fraction of sp³-hybridized carbons (Fsp3) is 0.412. The number of hydrogen-bond acceptors (Lipinski definition) is 4. The first-order chi connectivity index (χ1) is 11.1. The lowest BCUT2D eigenvalue weighted by Gasteiger charge is -2.29. The number of likely N-dealkylation sites (tertiary alicyclic amines) is 1. The van der Waals surface area contributed by atoms with Crippen molar-refractivity contribution in [3.05, 3.63) is 46.5 Å². The average Bonchev–Trinajstić information content (AvgIpc) is 3.28. The van der Waals surface area contributed by atoms with Gasteiger partial charge in [-0.2, -0.15) is 0 Å². The Labute approximate surface area is 139 Å². The number of carbonyl (C=O) groups excluding carboxylic acids is 2. The van der Waals surface area contributed by atoms with Crippen LogP contribution in [-0.2, 0) is 22.7 Å². The number of nitrogens with zero attached hydrogens (tertiary/aromatic N) is 2. The Hall–Kier alpha value is -2.08. The van der Waals surface area contributed by atoms with E-state index < -0.39 is 0 Å². The smallest absolute Gasteiger partial charge is 0.246 e. The molecule has 5 nitrogen and oxygen atoms in total. The van der Waals surface area contributed by atoms with Crippen LogP contribution in [0.1, 0.15) is 30.4 Å². The lowest BCUT2D eigenvalue weighted by atomic mass is 10.1. The van der Waals surface area contributed by atoms with E-state index >= 15 is 0 Å². The first kappa shape index (κ1) is 15.8. The van der Waals surface area contributed by atoms with Gasteiger partial charge in [0.05, 0.1) is 19.4 Å². The van der Waals surface area contributed by atoms with Gasteiger partial charge in [-0.15, -0.1) is 11.3 Å². The van der Waals surface area contributed by atoms with E-state index in [0.29, 0.717) is 19.6 Å². The molecule has 0 N–H and O–H groups in total. The van der Waals surface area contributed by atoms with Gasteiger partial charge in [0, 0.05) is 18.3 Å². The summed E-state index contributed by atoms with van der Waals surface area (Å²) in [6.07, 6.45) is 3.22. The summed E-state index contributed by atoms with van der Waals surface area (Å²) in [6.45, 7) is 3.16. The molecule has 122 valence electrons. The van der Waals surface area contributed by atoms with Gasteiger partial charge in [0.15, 0.2) is 0 Å². The maximum atomic E-state index is 13.0. The van der Waals surface area contributed by atoms with Crippen LogP contribution >= 0.6 is 11.3 Å². The highest BCUT2D eigenvalue weighted by atomic mass is 32.1. The minimum absolute atomic E-state index is 0.00231. The monoisotopic (exact) mass is 332 g/mol. The number of carbonyl (C=O) groups is 2. The minimum Gasteiger partial charge on any atom is -0.467 e. The third kappa shape index (κ3) is 3.64. The highest BCUT2D eigenvalue weighted by Crippen LogP contribution is 2.23. The van der Waals surface area contributed by atoms with Gasteiger partial charge >= 0.3 is 0 Å². The van der Waals surface area contributed by atoms with Gasteiger partial charge in [-0.05, 0) is 36.4 Å². The van der Waals surface area contributed by atoms with Gasteiger partial charge < -0.3 is 14.2 Å². The first-order valence-corrected chi connectivity index (χ1v) is 8.64. The van der Waals surface area contributed by atoms with Gasteiger partial charge in [-0.3, -0.25) is 9.59 Å². The standard InChI is InChI=1S/C17H20N2O3S/c1-13(20)19-8-2-7-16(19)17(21)18(11-14-5-3-9-22-14)12-15-6-4-10-23-15/h3-6,9-10,16H,2,7-8,11-12H2,1H3/t16-/m0/s1. The van der Waals surface area contributed by atoms with Crippen molar-refractivity contribution < 1.29 is 14.0 Å². The third-order valence-electron chi connectivity index (χ3n) is 4.11. The van der Waals surface area contributed by atoms with Crippen LogP contribution in [0.5, 0.6) is 0 Å². The van der Waals surface area contributed by atoms with Gasteiger partial charge in [0.2, 0.25) is 11.8 Å². The van der Waals surface area contributed by atoms with Gasteiger partial charge in [-0.25, -0.2) is 0 Å². The Morgan fingerprint density at radius 2 is 2.22 bits per heavy atom. The number of amides is 2. The SMILES string of the molecule is CC(=O)N1CCC[C@H]1C(=O)N(Cc1ccco1)Cc1cccs1. The predicted octanol–water partition coefficient (Wildman–Crippen LogP) is 2.88. The summed E-state index contributed by atoms with van der Waals surface area (Å²) >= 11 is 1.63. The van der Waals surface area contributed by atoms with Crippen LogP contribution < -0.4 is 0 Å². The molecule has 2 aromatic heterocycles. The van der Waals surface area contributed by atoms with Crippen molar-refractivity contribution in [3.8, 4) is 0 Å². The summed E-state index contributed by atoms with van der Waals surface area (Å²) in [6, 6.07) is 7.34. The lowest BCUT2D eigenvalue weighted by molar-refractivity contribution is -0.143. The van der Waals surface area contributed by atoms with E-state index in [1.165, 1.54) is 6.92 Å². The van der Waals surface area contributed by atoms with Gasteiger partial charge in [0.1, 0.15) is 11.8 Å². The lowest BCUT2D eigenvalue weighted by Crippen LogP contribution is -2.46. The van der Waals surface area contributed by atoms with Crippen molar-refractivity contribution in [1.29, 1.82) is 0 Å². The Kier molecular flexibility index (Phi) is 4.81. The summed E-state index contributed by atoms with van der Waals surface area (Å²) in [4.78, 5) is 29.4. The molecule has 0 saturated carbocycles. The Balaban J connectivity index is 1.78. The molecular formula is C17H20N2O3S. The Morgan fingerprint density at radius 3 is 2.87 bits per heavy atom. The molecule has 1 fully saturated rings. The molecule has 0 radical (unpaired) electrons. The molecule has 2 aromatic rings. The highest BCUT2D eigenvalue weighted by Gasteiger charge is 2.35. The second kappa shape index (κ2) is 7.00. The second-order valence-electron chi connectivity index (χ2n) is 5.72. The van der Waals surface area contributed by atoms with Gasteiger partial charge in [-0.1, -0.05) is 6.07 Å². The zero-order valence-corrected chi connectivity index (χ0v) is 13.9. The number of thiophene rings is 1. The summed E-state index contributed by atoms with van der Waals surface area (Å²) in [5, 5.41) is 2.00. The molecule has 1 aliphatic heterocycles. The fourth-order valence-corrected chi connectivity index (χ4v) is 3.72. The maximum absolute atomic E-state index is 13.0. The number of furan rings is 1. The van der Waals surface area contributed by atoms with E-state index in [4.69, 9.17) is 4.42 Å². The molecule has 2 amide bonds. The zero-order valence-electron chi connectivity index (χ0n) is 13.1. The molecule has 1 aliphatic rings. The molecule has 23 heavy (non-hydrogen) atoms. The van der Waals surface area contributed by atoms with Crippen LogP contribution in [0.4, 0.5) is 0 Å². The maximum Gasteiger partial charge on any atom is 0.246 e. The molecule has 6 heteroatoms. The largest absolute Gasteiger partial charge is 0.467 e. The van der Waals surface area contributed by atoms with Crippen molar-refractivity contribution in [1.82, 2.24) is 9.80 Å². The fourth-order valence-electron chi connectivity index (χ4n) is 3.00. The summed E-state index contributed by atoms with van der Waals surface area (Å²) in [7, 11) is 0. The summed E-state index contributed by atoms with van der Waals surface area (Å²) < 4.78 is 5.40. The van der Waals surface area contributed by atoms with Crippen LogP contribution in [0.3, 0.4) is 0 Å². The minimum atomic E-state index is -0.345. The van der Waals surface area contributed by atoms with E-state index in [1.54, 1.807) is 27.4 Å². The quantitative estimate of drug-likeness (QED) is 0.846. The topological polar surface area (TPSA) is 53.8 Å². The van der Waals surface area contributed by atoms with E-state index in [-0.39, 0.29) is 17.9 Å². The highest BCUT2D eigenvalue weighted by molar-refractivity contribution is 7.09. The molecule has 0 aromatic carbocycles. The number of rotatable bonds is 5. The molecular weight excluding hydrogens is 312 g/mol. The molecule has 1 atom stereocenters. The Bertz CT molecular complexity index is 615.